The van der Waals surface area contributed by atoms with Crippen LogP contribution in [0.4, 0.5) is 5.69 Å². The third-order valence-corrected chi connectivity index (χ3v) is 4.18. The highest BCUT2D eigenvalue weighted by molar-refractivity contribution is 6.11. The smallest absolute Gasteiger partial charge is 0.170 e. The molecule has 0 bridgehead atoms. The van der Waals surface area contributed by atoms with E-state index in [-0.39, 0.29) is 5.84 Å². The molecule has 4 heteroatoms. The third-order valence-electron chi connectivity index (χ3n) is 4.18. The SMILES string of the molecule is CCN(CC1CC1)c1ccc(/C(N)=N/O)c2ccccc12. The normalized spacial score (nSPS) is 15.4. The zero-order valence-electron chi connectivity index (χ0n) is 12.3. The molecule has 3 N–H and O–H groups in total. The van der Waals surface area contributed by atoms with Gasteiger partial charge in [0.25, 0.3) is 0 Å². The molecule has 110 valence electrons. The predicted molar refractivity (Wildman–Crippen MR) is 87.1 cm³/mol. The quantitative estimate of drug-likeness (QED) is 0.383. The standard InChI is InChI=1S/C17H21N3O/c1-2-20(11-12-7-8-12)16-10-9-15(17(18)19-21)13-5-3-4-6-14(13)16/h3-6,9-10,12,21H,2,7-8,11H2,1H3,(H2,18,19). The van der Waals surface area contributed by atoms with Gasteiger partial charge in [-0.1, -0.05) is 29.4 Å². The first-order valence-corrected chi connectivity index (χ1v) is 7.49. The fourth-order valence-corrected chi connectivity index (χ4v) is 2.85. The monoisotopic (exact) mass is 283 g/mol. The summed E-state index contributed by atoms with van der Waals surface area (Å²) in [6.45, 7) is 4.29. The first kappa shape index (κ1) is 13.7. The molecule has 4 nitrogen and oxygen atoms in total. The van der Waals surface area contributed by atoms with Gasteiger partial charge in [-0.25, -0.2) is 0 Å². The highest BCUT2D eigenvalue weighted by atomic mass is 16.4. The summed E-state index contributed by atoms with van der Waals surface area (Å²) in [6, 6.07) is 12.2. The van der Waals surface area contributed by atoms with Crippen LogP contribution in [0.2, 0.25) is 0 Å². The number of oxime groups is 1. The number of benzene rings is 2. The lowest BCUT2D eigenvalue weighted by Gasteiger charge is -2.25. The Hall–Kier alpha value is -2.23. The topological polar surface area (TPSA) is 61.8 Å². The second-order valence-electron chi connectivity index (χ2n) is 5.65. The molecule has 0 spiro atoms. The van der Waals surface area contributed by atoms with Crippen molar-refractivity contribution in [3.8, 4) is 0 Å². The lowest BCUT2D eigenvalue weighted by Crippen LogP contribution is -2.25. The van der Waals surface area contributed by atoms with E-state index in [1.807, 2.05) is 24.3 Å². The van der Waals surface area contributed by atoms with Crippen LogP contribution in [0.5, 0.6) is 0 Å². The van der Waals surface area contributed by atoms with Crippen molar-refractivity contribution in [2.75, 3.05) is 18.0 Å². The summed E-state index contributed by atoms with van der Waals surface area (Å²) in [5, 5.41) is 14.3. The summed E-state index contributed by atoms with van der Waals surface area (Å²) in [5.41, 5.74) is 7.80. The Bertz CT molecular complexity index is 677. The summed E-state index contributed by atoms with van der Waals surface area (Å²) < 4.78 is 0. The number of rotatable bonds is 5. The number of fused-ring (bicyclic) bond motifs is 1. The first-order valence-electron chi connectivity index (χ1n) is 7.49. The second kappa shape index (κ2) is 5.64. The molecule has 2 aromatic rings. The van der Waals surface area contributed by atoms with E-state index in [1.54, 1.807) is 0 Å². The molecule has 2 aromatic carbocycles. The Kier molecular flexibility index (Phi) is 3.69. The van der Waals surface area contributed by atoms with Crippen LogP contribution >= 0.6 is 0 Å². The van der Waals surface area contributed by atoms with Gasteiger partial charge >= 0.3 is 0 Å². The molecule has 0 unspecified atom stereocenters. The molecule has 1 aliphatic rings. The molecule has 1 saturated carbocycles. The Morgan fingerprint density at radius 2 is 1.95 bits per heavy atom. The van der Waals surface area contributed by atoms with Gasteiger partial charge in [0.2, 0.25) is 0 Å². The van der Waals surface area contributed by atoms with Crippen molar-refractivity contribution in [1.29, 1.82) is 0 Å². The highest BCUT2D eigenvalue weighted by Crippen LogP contribution is 2.34. The molecule has 1 fully saturated rings. The highest BCUT2D eigenvalue weighted by Gasteiger charge is 2.24. The molecule has 3 rings (SSSR count). The lowest BCUT2D eigenvalue weighted by molar-refractivity contribution is 0.318. The van der Waals surface area contributed by atoms with Crippen molar-refractivity contribution < 1.29 is 5.21 Å². The number of hydrogen-bond acceptors (Lipinski definition) is 3. The minimum absolute atomic E-state index is 0.156. The van der Waals surface area contributed by atoms with Crippen molar-refractivity contribution in [2.24, 2.45) is 16.8 Å². The molecule has 0 aromatic heterocycles. The van der Waals surface area contributed by atoms with Gasteiger partial charge in [0, 0.05) is 29.7 Å². The van der Waals surface area contributed by atoms with Crippen LogP contribution in [-0.2, 0) is 0 Å². The Morgan fingerprint density at radius 1 is 1.24 bits per heavy atom. The van der Waals surface area contributed by atoms with Crippen LogP contribution in [-0.4, -0.2) is 24.1 Å². The van der Waals surface area contributed by atoms with E-state index in [0.717, 1.165) is 35.3 Å². The zero-order valence-corrected chi connectivity index (χ0v) is 12.3. The minimum atomic E-state index is 0.156. The molecule has 0 radical (unpaired) electrons. The van der Waals surface area contributed by atoms with E-state index in [2.05, 4.69) is 29.1 Å². The molecule has 0 heterocycles. The van der Waals surface area contributed by atoms with E-state index in [1.165, 1.54) is 18.5 Å². The van der Waals surface area contributed by atoms with Gasteiger partial charge in [0.1, 0.15) is 0 Å². The number of anilines is 1. The Morgan fingerprint density at radius 3 is 2.57 bits per heavy atom. The summed E-state index contributed by atoms with van der Waals surface area (Å²) in [4.78, 5) is 2.43. The number of amidine groups is 1. The Balaban J connectivity index is 2.11. The van der Waals surface area contributed by atoms with Crippen LogP contribution in [0.25, 0.3) is 10.8 Å². The van der Waals surface area contributed by atoms with Gasteiger partial charge in [0.05, 0.1) is 0 Å². The van der Waals surface area contributed by atoms with E-state index in [0.29, 0.717) is 0 Å². The summed E-state index contributed by atoms with van der Waals surface area (Å²) in [5.74, 6) is 0.996. The van der Waals surface area contributed by atoms with Crippen LogP contribution in [0.3, 0.4) is 0 Å². The molecule has 0 atom stereocenters. The van der Waals surface area contributed by atoms with E-state index < -0.39 is 0 Å². The largest absolute Gasteiger partial charge is 0.409 e. The van der Waals surface area contributed by atoms with E-state index >= 15 is 0 Å². The van der Waals surface area contributed by atoms with Gasteiger partial charge in [-0.2, -0.15) is 0 Å². The second-order valence-corrected chi connectivity index (χ2v) is 5.65. The van der Waals surface area contributed by atoms with Crippen LogP contribution in [0.1, 0.15) is 25.3 Å². The predicted octanol–water partition coefficient (Wildman–Crippen LogP) is 3.17. The molecule has 0 saturated heterocycles. The Labute approximate surface area is 124 Å². The number of hydrogen-bond donors (Lipinski definition) is 2. The maximum absolute atomic E-state index is 8.95. The van der Waals surface area contributed by atoms with E-state index in [9.17, 15) is 0 Å². The summed E-state index contributed by atoms with van der Waals surface area (Å²) in [7, 11) is 0. The summed E-state index contributed by atoms with van der Waals surface area (Å²) in [6.07, 6.45) is 2.69. The molecular formula is C17H21N3O. The van der Waals surface area contributed by atoms with E-state index in [4.69, 9.17) is 10.9 Å². The average molecular weight is 283 g/mol. The zero-order chi connectivity index (χ0) is 14.8. The molecule has 21 heavy (non-hydrogen) atoms. The van der Waals surface area contributed by atoms with Crippen LogP contribution < -0.4 is 10.6 Å². The molecule has 0 aliphatic heterocycles. The van der Waals surface area contributed by atoms with Crippen molar-refractivity contribution in [2.45, 2.75) is 19.8 Å². The minimum Gasteiger partial charge on any atom is -0.409 e. The van der Waals surface area contributed by atoms with Gasteiger partial charge in [-0.3, -0.25) is 0 Å². The van der Waals surface area contributed by atoms with Crippen molar-refractivity contribution in [3.05, 3.63) is 42.0 Å². The maximum atomic E-state index is 8.95. The molecule has 1 aliphatic carbocycles. The van der Waals surface area contributed by atoms with Crippen LogP contribution in [0, 0.1) is 5.92 Å². The lowest BCUT2D eigenvalue weighted by atomic mass is 10.0. The first-order chi connectivity index (χ1) is 10.2. The number of nitrogens with two attached hydrogens (primary N) is 1. The fraction of sp³-hybridized carbons (Fsp3) is 0.353. The fourth-order valence-electron chi connectivity index (χ4n) is 2.85. The van der Waals surface area contributed by atoms with Crippen molar-refractivity contribution in [3.63, 3.8) is 0 Å². The van der Waals surface area contributed by atoms with Gasteiger partial charge in [-0.15, -0.1) is 0 Å². The molecular weight excluding hydrogens is 262 g/mol. The van der Waals surface area contributed by atoms with Crippen molar-refractivity contribution >= 4 is 22.3 Å². The summed E-state index contributed by atoms with van der Waals surface area (Å²) >= 11 is 0. The van der Waals surface area contributed by atoms with Crippen LogP contribution in [0.15, 0.2) is 41.6 Å². The van der Waals surface area contributed by atoms with Gasteiger partial charge < -0.3 is 15.8 Å². The van der Waals surface area contributed by atoms with Gasteiger partial charge in [-0.05, 0) is 43.2 Å². The molecule has 0 amide bonds. The van der Waals surface area contributed by atoms with Crippen molar-refractivity contribution in [1.82, 2.24) is 0 Å². The van der Waals surface area contributed by atoms with Gasteiger partial charge in [0.15, 0.2) is 5.84 Å². The maximum Gasteiger partial charge on any atom is 0.170 e. The average Bonchev–Trinajstić information content (AvgIpc) is 3.35. The number of nitrogens with zero attached hydrogens (tertiary/aromatic N) is 2. The third kappa shape index (κ3) is 2.66.